The molecule has 4 heterocycles. The quantitative estimate of drug-likeness (QED) is 0.642. The molecule has 2 aliphatic rings. The Balaban J connectivity index is 0.000000198. The van der Waals surface area contributed by atoms with Gasteiger partial charge in [-0.3, -0.25) is 0 Å². The highest BCUT2D eigenvalue weighted by Crippen LogP contribution is 2.19. The van der Waals surface area contributed by atoms with E-state index < -0.39 is 11.8 Å². The molecule has 0 aliphatic carbocycles. The second-order valence-corrected chi connectivity index (χ2v) is 7.19. The highest BCUT2D eigenvalue weighted by atomic mass is 19.1. The van der Waals surface area contributed by atoms with Gasteiger partial charge in [-0.05, 0) is 44.0 Å². The molecule has 2 fully saturated rings. The van der Waals surface area contributed by atoms with Crippen molar-refractivity contribution in [1.82, 2.24) is 9.97 Å². The zero-order chi connectivity index (χ0) is 24.1. The van der Waals surface area contributed by atoms with Gasteiger partial charge in [0.15, 0.2) is 17.2 Å². The third-order valence-electron chi connectivity index (χ3n) is 4.47. The first kappa shape index (κ1) is 26.3. The summed E-state index contributed by atoms with van der Waals surface area (Å²) < 4.78 is 32.2. The van der Waals surface area contributed by atoms with Gasteiger partial charge >= 0.3 is 11.9 Å². The summed E-state index contributed by atoms with van der Waals surface area (Å²) in [6.45, 7) is 7.11. The summed E-state index contributed by atoms with van der Waals surface area (Å²) in [5, 5.41) is 0. The van der Waals surface area contributed by atoms with Gasteiger partial charge in [0.2, 0.25) is 0 Å². The fourth-order valence-electron chi connectivity index (χ4n) is 2.69. The van der Waals surface area contributed by atoms with Crippen LogP contribution in [0.2, 0.25) is 0 Å². The lowest BCUT2D eigenvalue weighted by molar-refractivity contribution is -0.0314. The predicted octanol–water partition coefficient (Wildman–Crippen LogP) is 2.19. The van der Waals surface area contributed by atoms with Crippen LogP contribution in [0.25, 0.3) is 0 Å². The van der Waals surface area contributed by atoms with Crippen LogP contribution < -0.4 is 5.73 Å². The average Bonchev–Trinajstić information content (AvgIpc) is 2.76. The number of pyridine rings is 2. The SMILES string of the molecule is CCOC(=O)c1ncccc1CC1COC1.CCOC(=O)c1ncccc1F.NC1COC1. The largest absolute Gasteiger partial charge is 0.461 e. The van der Waals surface area contributed by atoms with Crippen LogP contribution in [0.1, 0.15) is 40.4 Å². The molecule has 9 nitrogen and oxygen atoms in total. The van der Waals surface area contributed by atoms with Gasteiger partial charge in [0.05, 0.1) is 45.7 Å². The highest BCUT2D eigenvalue weighted by molar-refractivity contribution is 5.88. The monoisotopic (exact) mass is 463 g/mol. The lowest BCUT2D eigenvalue weighted by atomic mass is 9.97. The Labute approximate surface area is 192 Å². The van der Waals surface area contributed by atoms with E-state index in [1.165, 1.54) is 18.3 Å². The molecule has 33 heavy (non-hydrogen) atoms. The summed E-state index contributed by atoms with van der Waals surface area (Å²) in [6.07, 6.45) is 3.80. The smallest absolute Gasteiger partial charge is 0.359 e. The number of rotatable bonds is 6. The summed E-state index contributed by atoms with van der Waals surface area (Å²) in [5.74, 6) is -1.21. The Hall–Kier alpha value is -2.95. The van der Waals surface area contributed by atoms with E-state index in [9.17, 15) is 14.0 Å². The van der Waals surface area contributed by atoms with Gasteiger partial charge in [0, 0.05) is 18.3 Å². The normalized spacial score (nSPS) is 14.9. The van der Waals surface area contributed by atoms with Crippen LogP contribution in [-0.2, 0) is 25.4 Å². The molecule has 2 aromatic heterocycles. The van der Waals surface area contributed by atoms with E-state index in [0.717, 1.165) is 38.4 Å². The molecule has 2 aliphatic heterocycles. The van der Waals surface area contributed by atoms with Crippen molar-refractivity contribution in [2.45, 2.75) is 26.3 Å². The summed E-state index contributed by atoms with van der Waals surface area (Å²) in [7, 11) is 0. The van der Waals surface area contributed by atoms with Crippen LogP contribution >= 0.6 is 0 Å². The number of aromatic nitrogens is 2. The number of hydrogen-bond acceptors (Lipinski definition) is 9. The van der Waals surface area contributed by atoms with Crippen molar-refractivity contribution in [3.8, 4) is 0 Å². The standard InChI is InChI=1S/C12H15NO3.C8H8FNO2.C3H7NO/c1-2-16-12(14)11-10(4-3-5-13-11)6-9-7-15-8-9;1-2-12-8(11)7-6(9)4-3-5-10-7;4-3-1-5-2-3/h3-5,9H,2,6-8H2,1H3;3-5H,2H2,1H3;3H,1-2,4H2. The summed E-state index contributed by atoms with van der Waals surface area (Å²) in [4.78, 5) is 30.2. The van der Waals surface area contributed by atoms with Gasteiger partial charge in [-0.15, -0.1) is 0 Å². The van der Waals surface area contributed by atoms with E-state index in [-0.39, 0.29) is 18.3 Å². The Bertz CT molecular complexity index is 890. The third kappa shape index (κ3) is 8.83. The maximum atomic E-state index is 12.8. The lowest BCUT2D eigenvalue weighted by Crippen LogP contribution is -2.41. The minimum Gasteiger partial charge on any atom is -0.461 e. The molecule has 180 valence electrons. The maximum absolute atomic E-state index is 12.8. The first-order valence-electron chi connectivity index (χ1n) is 10.8. The Morgan fingerprint density at radius 3 is 1.94 bits per heavy atom. The zero-order valence-electron chi connectivity index (χ0n) is 18.9. The maximum Gasteiger partial charge on any atom is 0.359 e. The highest BCUT2D eigenvalue weighted by Gasteiger charge is 2.22. The van der Waals surface area contributed by atoms with Crippen LogP contribution in [-0.4, -0.2) is 67.6 Å². The van der Waals surface area contributed by atoms with Crippen molar-refractivity contribution < 1.29 is 32.9 Å². The van der Waals surface area contributed by atoms with Crippen molar-refractivity contribution in [2.24, 2.45) is 11.7 Å². The molecule has 0 radical (unpaired) electrons. The van der Waals surface area contributed by atoms with Gasteiger partial charge in [-0.1, -0.05) is 6.07 Å². The number of carbonyl (C=O) groups is 2. The number of nitrogens with zero attached hydrogens (tertiary/aromatic N) is 2. The van der Waals surface area contributed by atoms with E-state index in [4.69, 9.17) is 19.9 Å². The van der Waals surface area contributed by atoms with E-state index in [2.05, 4.69) is 14.7 Å². The van der Waals surface area contributed by atoms with Gasteiger partial charge in [0.25, 0.3) is 0 Å². The fourth-order valence-corrected chi connectivity index (χ4v) is 2.69. The molecule has 0 atom stereocenters. The van der Waals surface area contributed by atoms with Gasteiger partial charge in [-0.25, -0.2) is 23.9 Å². The minimum absolute atomic E-state index is 0.217. The number of hydrogen-bond donors (Lipinski definition) is 1. The van der Waals surface area contributed by atoms with Crippen molar-refractivity contribution in [3.63, 3.8) is 0 Å². The molecule has 0 bridgehead atoms. The first-order valence-corrected chi connectivity index (χ1v) is 10.8. The Morgan fingerprint density at radius 2 is 1.48 bits per heavy atom. The summed E-state index contributed by atoms with van der Waals surface area (Å²) >= 11 is 0. The zero-order valence-corrected chi connectivity index (χ0v) is 18.9. The number of carbonyl (C=O) groups excluding carboxylic acids is 2. The number of esters is 2. The van der Waals surface area contributed by atoms with Crippen LogP contribution in [0.4, 0.5) is 4.39 Å². The molecule has 2 aromatic rings. The topological polar surface area (TPSA) is 123 Å². The molecule has 0 saturated carbocycles. The van der Waals surface area contributed by atoms with Crippen molar-refractivity contribution in [1.29, 1.82) is 0 Å². The second kappa shape index (κ2) is 14.2. The van der Waals surface area contributed by atoms with Gasteiger partial charge in [0.1, 0.15) is 0 Å². The van der Waals surface area contributed by atoms with E-state index in [1.807, 2.05) is 12.1 Å². The molecule has 4 rings (SSSR count). The molecule has 0 spiro atoms. The van der Waals surface area contributed by atoms with Crippen LogP contribution in [0.3, 0.4) is 0 Å². The molecule has 10 heteroatoms. The van der Waals surface area contributed by atoms with Crippen molar-refractivity contribution in [3.05, 3.63) is 59.4 Å². The predicted molar refractivity (Wildman–Crippen MR) is 117 cm³/mol. The molecule has 2 saturated heterocycles. The van der Waals surface area contributed by atoms with Gasteiger partial charge < -0.3 is 24.7 Å². The van der Waals surface area contributed by atoms with E-state index >= 15 is 0 Å². The first-order chi connectivity index (χ1) is 16.0. The lowest BCUT2D eigenvalue weighted by Gasteiger charge is -2.26. The Morgan fingerprint density at radius 1 is 0.970 bits per heavy atom. The molecule has 0 aromatic carbocycles. The van der Waals surface area contributed by atoms with Crippen LogP contribution in [0.5, 0.6) is 0 Å². The molecule has 0 amide bonds. The second-order valence-electron chi connectivity index (χ2n) is 7.19. The fraction of sp³-hybridized carbons (Fsp3) is 0.478. The van der Waals surface area contributed by atoms with Crippen LogP contribution in [0.15, 0.2) is 36.7 Å². The molecule has 2 N–H and O–H groups in total. The number of ether oxygens (including phenoxy) is 4. The molecular formula is C23H30FN3O6. The van der Waals surface area contributed by atoms with Gasteiger partial charge in [-0.2, -0.15) is 0 Å². The number of halogens is 1. The van der Waals surface area contributed by atoms with Crippen molar-refractivity contribution in [2.75, 3.05) is 39.6 Å². The Kier molecular flexibility index (Phi) is 11.4. The molecular weight excluding hydrogens is 433 g/mol. The van der Waals surface area contributed by atoms with E-state index in [0.29, 0.717) is 24.3 Å². The summed E-state index contributed by atoms with van der Waals surface area (Å²) in [5.41, 5.74) is 6.38. The number of nitrogens with two attached hydrogens (primary N) is 1. The third-order valence-corrected chi connectivity index (χ3v) is 4.47. The summed E-state index contributed by atoms with van der Waals surface area (Å²) in [6, 6.07) is 6.70. The average molecular weight is 464 g/mol. The van der Waals surface area contributed by atoms with E-state index in [1.54, 1.807) is 20.0 Å². The molecule has 0 unspecified atom stereocenters. The van der Waals surface area contributed by atoms with Crippen molar-refractivity contribution >= 4 is 11.9 Å². The van der Waals surface area contributed by atoms with Crippen LogP contribution in [0, 0.1) is 11.7 Å². The minimum atomic E-state index is -0.726.